The van der Waals surface area contributed by atoms with Crippen LogP contribution in [-0.4, -0.2) is 65.6 Å². The number of hydrogen-bond donors (Lipinski definition) is 0. The molecule has 0 radical (unpaired) electrons. The molecule has 0 saturated carbocycles. The summed E-state index contributed by atoms with van der Waals surface area (Å²) < 4.78 is 12.2. The molecule has 0 atom stereocenters. The number of nitrogens with zero attached hydrogens (tertiary/aromatic N) is 4. The molecule has 0 N–H and O–H groups in total. The third-order valence-electron chi connectivity index (χ3n) is 6.26. The largest absolute Gasteiger partial charge is 0.466 e. The van der Waals surface area contributed by atoms with Crippen LogP contribution in [0.15, 0.2) is 9.70 Å². The number of hydrogen-bond acceptors (Lipinski definition) is 9. The Balaban J connectivity index is 1.99. The highest BCUT2D eigenvalue weighted by Gasteiger charge is 2.34. The molecule has 0 bridgehead atoms. The Morgan fingerprint density at radius 1 is 1.31 bits per heavy atom. The molecule has 188 valence electrons. The molecule has 9 nitrogen and oxygen atoms in total. The second-order valence-electron chi connectivity index (χ2n) is 8.41. The number of nitriles is 1. The number of pyridine rings is 1. The predicted octanol–water partition coefficient (Wildman–Crippen LogP) is 2.58. The first-order chi connectivity index (χ1) is 16.7. The summed E-state index contributed by atoms with van der Waals surface area (Å²) >= 11 is 6.64. The van der Waals surface area contributed by atoms with Gasteiger partial charge in [0.1, 0.15) is 21.8 Å². The van der Waals surface area contributed by atoms with Crippen molar-refractivity contribution >= 4 is 52.1 Å². The van der Waals surface area contributed by atoms with Crippen LogP contribution < -0.4 is 10.5 Å². The molecule has 3 heterocycles. The van der Waals surface area contributed by atoms with Gasteiger partial charge in [0.15, 0.2) is 0 Å². The lowest BCUT2D eigenvalue weighted by Gasteiger charge is -2.35. The number of amides is 1. The van der Waals surface area contributed by atoms with Gasteiger partial charge in [-0.25, -0.2) is 0 Å². The van der Waals surface area contributed by atoms with E-state index in [-0.39, 0.29) is 23.4 Å². The van der Waals surface area contributed by atoms with Crippen LogP contribution >= 0.6 is 24.0 Å². The second kappa shape index (κ2) is 11.8. The van der Waals surface area contributed by atoms with E-state index in [4.69, 9.17) is 21.7 Å². The van der Waals surface area contributed by atoms with Crippen molar-refractivity contribution in [3.05, 3.63) is 31.9 Å². The zero-order chi connectivity index (χ0) is 25.7. The van der Waals surface area contributed by atoms with Crippen molar-refractivity contribution in [3.63, 3.8) is 0 Å². The lowest BCUT2D eigenvalue weighted by atomic mass is 9.95. The normalized spacial score (nSPS) is 17.9. The summed E-state index contributed by atoms with van der Waals surface area (Å²) in [6, 6.07) is 2.01. The number of methoxy groups -OCH3 is 1. The third kappa shape index (κ3) is 5.60. The van der Waals surface area contributed by atoms with Gasteiger partial charge in [0, 0.05) is 46.0 Å². The highest BCUT2D eigenvalue weighted by atomic mass is 32.2. The highest BCUT2D eigenvalue weighted by molar-refractivity contribution is 8.26. The minimum absolute atomic E-state index is 0.0412. The van der Waals surface area contributed by atoms with E-state index in [0.29, 0.717) is 78.3 Å². The fourth-order valence-electron chi connectivity index (χ4n) is 4.37. The predicted molar refractivity (Wildman–Crippen MR) is 139 cm³/mol. The van der Waals surface area contributed by atoms with Gasteiger partial charge < -0.3 is 14.4 Å². The van der Waals surface area contributed by atoms with Gasteiger partial charge in [-0.1, -0.05) is 24.0 Å². The minimum atomic E-state index is -0.392. The first-order valence-electron chi connectivity index (χ1n) is 11.5. The molecule has 0 spiro atoms. The van der Waals surface area contributed by atoms with E-state index in [1.54, 1.807) is 39.0 Å². The summed E-state index contributed by atoms with van der Waals surface area (Å²) in [6.45, 7) is 5.92. The van der Waals surface area contributed by atoms with Gasteiger partial charge in [-0.15, -0.1) is 0 Å². The molecule has 11 heteroatoms. The number of carbonyl (C=O) groups excluding carboxylic acids is 2. The molecule has 1 aromatic rings. The first-order valence-corrected chi connectivity index (χ1v) is 12.8. The molecule has 0 unspecified atom stereocenters. The van der Waals surface area contributed by atoms with E-state index in [1.165, 1.54) is 16.3 Å². The van der Waals surface area contributed by atoms with Crippen molar-refractivity contribution in [1.82, 2.24) is 9.47 Å². The topological polar surface area (TPSA) is 105 Å². The Hall–Kier alpha value is -2.68. The molecule has 1 aromatic heterocycles. The number of esters is 1. The SMILES string of the molecule is CCOC(=O)C1CCN(c2c(/C=C3\SC(=S)N(CCCOC)C3=O)c(C)c(C#N)c(=O)n2C)CC1. The van der Waals surface area contributed by atoms with E-state index in [1.807, 2.05) is 11.0 Å². The van der Waals surface area contributed by atoms with E-state index in [9.17, 15) is 19.6 Å². The fourth-order valence-corrected chi connectivity index (χ4v) is 5.66. The summed E-state index contributed by atoms with van der Waals surface area (Å²) in [5, 5.41) is 9.65. The Bertz CT molecular complexity index is 1150. The van der Waals surface area contributed by atoms with E-state index in [2.05, 4.69) is 0 Å². The van der Waals surface area contributed by atoms with Gasteiger partial charge >= 0.3 is 5.97 Å². The standard InChI is InChI=1S/C24H30N4O5S2/c1-5-33-23(31)16-7-10-27(11-8-16)20-17(15(2)18(14-25)21(29)26(20)3)13-19-22(30)28(24(34)35-19)9-6-12-32-4/h13,16H,5-12H2,1-4H3/b19-13-. The van der Waals surface area contributed by atoms with Crippen molar-refractivity contribution in [2.75, 3.05) is 44.9 Å². The maximum Gasteiger partial charge on any atom is 0.309 e. The van der Waals surface area contributed by atoms with Gasteiger partial charge in [-0.05, 0) is 44.7 Å². The van der Waals surface area contributed by atoms with Crippen molar-refractivity contribution in [2.24, 2.45) is 13.0 Å². The third-order valence-corrected chi connectivity index (χ3v) is 7.64. The van der Waals surface area contributed by atoms with Crippen LogP contribution in [-0.2, 0) is 26.1 Å². The number of anilines is 1. The van der Waals surface area contributed by atoms with Crippen LogP contribution in [0.3, 0.4) is 0 Å². The molecule has 0 aliphatic carbocycles. The lowest BCUT2D eigenvalue weighted by molar-refractivity contribution is -0.148. The summed E-state index contributed by atoms with van der Waals surface area (Å²) in [5.41, 5.74) is 0.801. The zero-order valence-corrected chi connectivity index (χ0v) is 22.1. The Morgan fingerprint density at radius 3 is 2.60 bits per heavy atom. The van der Waals surface area contributed by atoms with Crippen molar-refractivity contribution in [2.45, 2.75) is 33.1 Å². The Morgan fingerprint density at radius 2 is 2.00 bits per heavy atom. The molecular formula is C24H30N4O5S2. The van der Waals surface area contributed by atoms with Gasteiger partial charge in [0.25, 0.3) is 11.5 Å². The molecular weight excluding hydrogens is 488 g/mol. The molecule has 1 amide bonds. The molecule has 0 aromatic carbocycles. The van der Waals surface area contributed by atoms with Crippen LogP contribution in [0.1, 0.15) is 42.9 Å². The van der Waals surface area contributed by atoms with E-state index >= 15 is 0 Å². The minimum Gasteiger partial charge on any atom is -0.466 e. The van der Waals surface area contributed by atoms with Crippen LogP contribution in [0, 0.1) is 24.2 Å². The number of aromatic nitrogens is 1. The van der Waals surface area contributed by atoms with Crippen molar-refractivity contribution in [1.29, 1.82) is 5.26 Å². The zero-order valence-electron chi connectivity index (χ0n) is 20.5. The molecule has 2 aliphatic heterocycles. The Kier molecular flexibility index (Phi) is 9.10. The average molecular weight is 519 g/mol. The number of piperidine rings is 1. The number of thiocarbonyl (C=S) groups is 1. The maximum absolute atomic E-state index is 13.1. The molecule has 3 rings (SSSR count). The summed E-state index contributed by atoms with van der Waals surface area (Å²) in [7, 11) is 3.24. The Labute approximate surface area is 214 Å². The lowest BCUT2D eigenvalue weighted by Crippen LogP contribution is -2.40. The summed E-state index contributed by atoms with van der Waals surface area (Å²) in [4.78, 5) is 42.3. The van der Waals surface area contributed by atoms with Crippen LogP contribution in [0.4, 0.5) is 5.82 Å². The summed E-state index contributed by atoms with van der Waals surface area (Å²) in [5.74, 6) is 0.0391. The summed E-state index contributed by atoms with van der Waals surface area (Å²) in [6.07, 6.45) is 3.58. The quantitative estimate of drug-likeness (QED) is 0.222. The van der Waals surface area contributed by atoms with Crippen LogP contribution in [0.5, 0.6) is 0 Å². The van der Waals surface area contributed by atoms with Gasteiger partial charge in [0.2, 0.25) is 0 Å². The molecule has 2 saturated heterocycles. The molecule has 2 fully saturated rings. The number of carbonyl (C=O) groups is 2. The maximum atomic E-state index is 13.1. The van der Waals surface area contributed by atoms with E-state index < -0.39 is 5.56 Å². The van der Waals surface area contributed by atoms with Crippen LogP contribution in [0.25, 0.3) is 6.08 Å². The monoisotopic (exact) mass is 518 g/mol. The molecule has 35 heavy (non-hydrogen) atoms. The van der Waals surface area contributed by atoms with Crippen LogP contribution in [0.2, 0.25) is 0 Å². The average Bonchev–Trinajstić information content (AvgIpc) is 3.11. The fraction of sp³-hybridized carbons (Fsp3) is 0.542. The van der Waals surface area contributed by atoms with Gasteiger partial charge in [0.05, 0.1) is 17.4 Å². The van der Waals surface area contributed by atoms with Gasteiger partial charge in [-0.3, -0.25) is 23.9 Å². The number of thioether (sulfide) groups is 1. The first kappa shape index (κ1) is 26.9. The van der Waals surface area contributed by atoms with E-state index in [0.717, 1.165) is 0 Å². The second-order valence-corrected chi connectivity index (χ2v) is 10.1. The van der Waals surface area contributed by atoms with Crippen molar-refractivity contribution in [3.8, 4) is 6.07 Å². The highest BCUT2D eigenvalue weighted by Crippen LogP contribution is 2.36. The number of ether oxygens (including phenoxy) is 2. The smallest absolute Gasteiger partial charge is 0.309 e. The van der Waals surface area contributed by atoms with Crippen molar-refractivity contribution < 1.29 is 19.1 Å². The molecule has 2 aliphatic rings. The number of rotatable bonds is 8. The van der Waals surface area contributed by atoms with Gasteiger partial charge in [-0.2, -0.15) is 5.26 Å².